The van der Waals surface area contributed by atoms with Gasteiger partial charge in [-0.05, 0) is 56.8 Å². The van der Waals surface area contributed by atoms with Crippen molar-refractivity contribution >= 4 is 12.1 Å². The standard InChI is InChI=1S/C19H25N3O2/c1-14-4-2-9-22(14)10-3-11-24-17-7-5-15(6-8-17)19-12-16(19)13-20-21-18(19)23/h5-8,13-14,16H,2-4,9-12H2,1H3,(H,21,23)/t14-,16?,19?/m1/s1. The molecule has 0 aromatic heterocycles. The Bertz CT molecular complexity index is 643. The van der Waals surface area contributed by atoms with Crippen LogP contribution in [0.15, 0.2) is 29.4 Å². The summed E-state index contributed by atoms with van der Waals surface area (Å²) >= 11 is 0. The molecule has 1 aliphatic carbocycles. The lowest BCUT2D eigenvalue weighted by molar-refractivity contribution is -0.124. The van der Waals surface area contributed by atoms with E-state index in [0.717, 1.165) is 43.3 Å². The summed E-state index contributed by atoms with van der Waals surface area (Å²) in [6, 6.07) is 8.74. The number of nitrogens with zero attached hydrogens (tertiary/aromatic N) is 2. The second kappa shape index (κ2) is 6.20. The Morgan fingerprint density at radius 3 is 2.92 bits per heavy atom. The van der Waals surface area contributed by atoms with Crippen molar-refractivity contribution in [3.63, 3.8) is 0 Å². The molecule has 128 valence electrons. The predicted octanol–water partition coefficient (Wildman–Crippen LogP) is 2.31. The average Bonchev–Trinajstić information content (AvgIpc) is 3.22. The van der Waals surface area contributed by atoms with Crippen LogP contribution in [0.2, 0.25) is 0 Å². The molecule has 0 radical (unpaired) electrons. The number of nitrogens with one attached hydrogen (secondary N) is 1. The summed E-state index contributed by atoms with van der Waals surface area (Å²) < 4.78 is 5.86. The Labute approximate surface area is 143 Å². The number of amides is 1. The minimum absolute atomic E-state index is 0.0170. The van der Waals surface area contributed by atoms with Crippen LogP contribution < -0.4 is 10.2 Å². The summed E-state index contributed by atoms with van der Waals surface area (Å²) in [4.78, 5) is 14.7. The number of likely N-dealkylation sites (tertiary alicyclic amines) is 1. The third-order valence-electron chi connectivity index (χ3n) is 5.76. The molecule has 3 atom stereocenters. The van der Waals surface area contributed by atoms with E-state index in [-0.39, 0.29) is 17.2 Å². The van der Waals surface area contributed by atoms with E-state index in [0.29, 0.717) is 0 Å². The van der Waals surface area contributed by atoms with E-state index in [2.05, 4.69) is 22.4 Å². The minimum atomic E-state index is -0.383. The number of hydrazone groups is 1. The number of hydrogen-bond donors (Lipinski definition) is 1. The fraction of sp³-hybridized carbons (Fsp3) is 0.579. The van der Waals surface area contributed by atoms with Crippen molar-refractivity contribution in [2.24, 2.45) is 11.0 Å². The smallest absolute Gasteiger partial charge is 0.251 e. The number of benzene rings is 1. The minimum Gasteiger partial charge on any atom is -0.494 e. The number of rotatable bonds is 6. The maximum absolute atomic E-state index is 12.1. The molecule has 2 heterocycles. The van der Waals surface area contributed by atoms with E-state index in [4.69, 9.17) is 4.74 Å². The first-order valence-electron chi connectivity index (χ1n) is 9.01. The third-order valence-corrected chi connectivity index (χ3v) is 5.76. The van der Waals surface area contributed by atoms with Gasteiger partial charge in [-0.1, -0.05) is 12.1 Å². The Morgan fingerprint density at radius 1 is 1.38 bits per heavy atom. The van der Waals surface area contributed by atoms with Crippen LogP contribution in [0, 0.1) is 5.92 Å². The average molecular weight is 327 g/mol. The van der Waals surface area contributed by atoms with Gasteiger partial charge in [0.25, 0.3) is 5.91 Å². The van der Waals surface area contributed by atoms with Gasteiger partial charge in [0, 0.05) is 24.7 Å². The highest BCUT2D eigenvalue weighted by molar-refractivity contribution is 5.99. The van der Waals surface area contributed by atoms with Gasteiger partial charge in [0.1, 0.15) is 5.75 Å². The van der Waals surface area contributed by atoms with Crippen LogP contribution in [0.25, 0.3) is 0 Å². The van der Waals surface area contributed by atoms with E-state index in [1.807, 2.05) is 30.5 Å². The molecule has 1 aromatic carbocycles. The van der Waals surface area contributed by atoms with Crippen molar-refractivity contribution in [1.29, 1.82) is 0 Å². The van der Waals surface area contributed by atoms with E-state index < -0.39 is 0 Å². The monoisotopic (exact) mass is 327 g/mol. The van der Waals surface area contributed by atoms with E-state index >= 15 is 0 Å². The lowest BCUT2D eigenvalue weighted by atomic mass is 9.92. The van der Waals surface area contributed by atoms with Gasteiger partial charge in [0.2, 0.25) is 0 Å². The lowest BCUT2D eigenvalue weighted by Gasteiger charge is -2.21. The van der Waals surface area contributed by atoms with Gasteiger partial charge in [-0.25, -0.2) is 5.43 Å². The zero-order valence-corrected chi connectivity index (χ0v) is 14.2. The highest BCUT2D eigenvalue weighted by atomic mass is 16.5. The van der Waals surface area contributed by atoms with Crippen molar-refractivity contribution in [2.45, 2.75) is 44.1 Å². The van der Waals surface area contributed by atoms with Crippen LogP contribution >= 0.6 is 0 Å². The molecule has 0 bridgehead atoms. The van der Waals surface area contributed by atoms with Crippen molar-refractivity contribution in [3.05, 3.63) is 29.8 Å². The Morgan fingerprint density at radius 2 is 2.21 bits per heavy atom. The molecule has 4 rings (SSSR count). The number of fused-ring (bicyclic) bond motifs is 1. The molecule has 1 N–H and O–H groups in total. The van der Waals surface area contributed by atoms with Gasteiger partial charge in [0.15, 0.2) is 0 Å². The summed E-state index contributed by atoms with van der Waals surface area (Å²) in [6.45, 7) is 5.39. The maximum atomic E-state index is 12.1. The number of carbonyl (C=O) groups is 1. The highest BCUT2D eigenvalue weighted by Gasteiger charge is 2.61. The zero-order chi connectivity index (χ0) is 16.6. The molecule has 5 nitrogen and oxygen atoms in total. The lowest BCUT2D eigenvalue weighted by Crippen LogP contribution is -2.36. The zero-order valence-electron chi connectivity index (χ0n) is 14.2. The van der Waals surface area contributed by atoms with Gasteiger partial charge in [0.05, 0.1) is 12.0 Å². The van der Waals surface area contributed by atoms with Gasteiger partial charge >= 0.3 is 0 Å². The fourth-order valence-corrected chi connectivity index (χ4v) is 4.11. The van der Waals surface area contributed by atoms with Gasteiger partial charge in [-0.3, -0.25) is 4.79 Å². The van der Waals surface area contributed by atoms with Gasteiger partial charge in [-0.15, -0.1) is 0 Å². The Kier molecular flexibility index (Phi) is 4.04. The van der Waals surface area contributed by atoms with E-state index in [9.17, 15) is 4.79 Å². The molecule has 1 saturated heterocycles. The van der Waals surface area contributed by atoms with Gasteiger partial charge < -0.3 is 9.64 Å². The van der Waals surface area contributed by atoms with Crippen molar-refractivity contribution in [1.82, 2.24) is 10.3 Å². The molecule has 1 amide bonds. The van der Waals surface area contributed by atoms with E-state index in [1.54, 1.807) is 0 Å². The molecular weight excluding hydrogens is 302 g/mol. The predicted molar refractivity (Wildman–Crippen MR) is 93.2 cm³/mol. The molecular formula is C19H25N3O2. The first-order chi connectivity index (χ1) is 11.7. The molecule has 3 aliphatic rings. The number of hydrogen-bond acceptors (Lipinski definition) is 4. The molecule has 2 fully saturated rings. The van der Waals surface area contributed by atoms with Crippen molar-refractivity contribution in [2.75, 3.05) is 19.7 Å². The molecule has 24 heavy (non-hydrogen) atoms. The van der Waals surface area contributed by atoms with Crippen LogP contribution in [0.3, 0.4) is 0 Å². The second-order valence-electron chi connectivity index (χ2n) is 7.25. The second-order valence-corrected chi connectivity index (χ2v) is 7.25. The highest BCUT2D eigenvalue weighted by Crippen LogP contribution is 2.54. The Hall–Kier alpha value is -1.88. The SMILES string of the molecule is C[C@@H]1CCCN1CCCOc1ccc(C23CC2C=NNC3=O)cc1. The molecule has 1 aromatic rings. The summed E-state index contributed by atoms with van der Waals surface area (Å²) in [5.41, 5.74) is 3.28. The van der Waals surface area contributed by atoms with Gasteiger partial charge in [-0.2, -0.15) is 5.10 Å². The van der Waals surface area contributed by atoms with E-state index in [1.165, 1.54) is 19.4 Å². The summed E-state index contributed by atoms with van der Waals surface area (Å²) in [6.07, 6.45) is 6.41. The van der Waals surface area contributed by atoms with Crippen LogP contribution in [0.5, 0.6) is 5.75 Å². The fourth-order valence-electron chi connectivity index (χ4n) is 4.11. The molecule has 5 heteroatoms. The van der Waals surface area contributed by atoms with Crippen LogP contribution in [0.1, 0.15) is 38.2 Å². The number of carbonyl (C=O) groups excluding carboxylic acids is 1. The van der Waals surface area contributed by atoms with Crippen LogP contribution in [-0.2, 0) is 10.2 Å². The maximum Gasteiger partial charge on any atom is 0.251 e. The summed E-state index contributed by atoms with van der Waals surface area (Å²) in [5, 5.41) is 3.90. The molecule has 1 saturated carbocycles. The Balaban J connectivity index is 1.29. The summed E-state index contributed by atoms with van der Waals surface area (Å²) in [7, 11) is 0. The molecule has 2 aliphatic heterocycles. The topological polar surface area (TPSA) is 53.9 Å². The normalized spacial score (nSPS) is 31.6. The van der Waals surface area contributed by atoms with Crippen molar-refractivity contribution in [3.8, 4) is 5.75 Å². The molecule has 0 spiro atoms. The quantitative estimate of drug-likeness (QED) is 0.816. The van der Waals surface area contributed by atoms with Crippen molar-refractivity contribution < 1.29 is 9.53 Å². The molecule has 2 unspecified atom stereocenters. The third kappa shape index (κ3) is 2.71. The summed E-state index contributed by atoms with van der Waals surface area (Å²) in [5.74, 6) is 1.15. The number of ether oxygens (including phenoxy) is 1. The first kappa shape index (κ1) is 15.6. The largest absolute Gasteiger partial charge is 0.494 e. The van der Waals surface area contributed by atoms with Crippen LogP contribution in [-0.4, -0.2) is 42.8 Å². The van der Waals surface area contributed by atoms with Crippen LogP contribution in [0.4, 0.5) is 0 Å². The first-order valence-corrected chi connectivity index (χ1v) is 9.01.